The molecule has 6 heterocycles. The molecule has 1 unspecified atom stereocenters. The summed E-state index contributed by atoms with van der Waals surface area (Å²) < 4.78 is 22.2. The largest absolute Gasteiger partial charge is 0.457 e. The summed E-state index contributed by atoms with van der Waals surface area (Å²) in [6.07, 6.45) is 12.4. The molecule has 3 saturated heterocycles. The van der Waals surface area contributed by atoms with Gasteiger partial charge >= 0.3 is 7.12 Å². The number of anilines is 1. The molecule has 3 aliphatic heterocycles. The number of rotatable bonds is 7. The zero-order valence-corrected chi connectivity index (χ0v) is 33.8. The van der Waals surface area contributed by atoms with Crippen molar-refractivity contribution in [2.45, 2.75) is 160 Å². The minimum absolute atomic E-state index is 0.132. The Bertz CT molecular complexity index is 1790. The number of carbonyl (C=O) groups excluding carboxylic acids is 1. The Kier molecular flexibility index (Phi) is 9.39. The van der Waals surface area contributed by atoms with Crippen LogP contribution in [0.2, 0.25) is 6.32 Å². The minimum atomic E-state index is -0.552. The van der Waals surface area contributed by atoms with Crippen LogP contribution < -0.4 is 4.90 Å². The molecule has 0 amide bonds. The van der Waals surface area contributed by atoms with E-state index in [0.29, 0.717) is 35.7 Å². The van der Waals surface area contributed by atoms with Gasteiger partial charge in [0.1, 0.15) is 15.3 Å². The number of likely N-dealkylation sites (tertiary alicyclic amines) is 1. The normalized spacial score (nSPS) is 30.1. The maximum Gasteiger partial charge on any atom is 0.457 e. The highest BCUT2D eigenvalue weighted by Crippen LogP contribution is 2.48. The van der Waals surface area contributed by atoms with Gasteiger partial charge in [-0.1, -0.05) is 18.5 Å². The third kappa shape index (κ3) is 6.08. The first-order valence-electron chi connectivity index (χ1n) is 19.6. The van der Waals surface area contributed by atoms with E-state index in [9.17, 15) is 4.79 Å². The van der Waals surface area contributed by atoms with Crippen LogP contribution in [0.1, 0.15) is 130 Å². The number of ketones is 1. The zero-order valence-electron chi connectivity index (χ0n) is 31.6. The Labute approximate surface area is 316 Å². The van der Waals surface area contributed by atoms with E-state index in [0.717, 1.165) is 109 Å². The predicted octanol–water partition coefficient (Wildman–Crippen LogP) is 7.55. The summed E-state index contributed by atoms with van der Waals surface area (Å²) in [5, 5.41) is 11.0. The van der Waals surface area contributed by atoms with Crippen molar-refractivity contribution in [3.05, 3.63) is 15.0 Å². The number of hydrogen-bond donors (Lipinski definition) is 0. The van der Waals surface area contributed by atoms with Crippen LogP contribution in [0.5, 0.6) is 0 Å². The molecular weight excluding hydrogens is 756 g/mol. The Morgan fingerprint density at radius 1 is 1.00 bits per heavy atom. The third-order valence-electron chi connectivity index (χ3n) is 13.5. The molecule has 3 aromatic heterocycles. The Hall–Kier alpha value is -2.10. The SMILES string of the molecule is CC1CC[C@H](CCB2OC(C)(C)C(C)(C)O2)N(c2nc(-c3noc4c3CCC[C@@]43CCCCC3=O)nc3c2c(I)nn3[C@@H](C)[C@@H]2CCCN2C)C1. The van der Waals surface area contributed by atoms with Crippen molar-refractivity contribution in [1.82, 2.24) is 29.8 Å². The van der Waals surface area contributed by atoms with Crippen LogP contribution in [0.4, 0.5) is 5.82 Å². The van der Waals surface area contributed by atoms with Gasteiger partial charge in [0.15, 0.2) is 22.9 Å². The number of piperidine rings is 1. The van der Waals surface area contributed by atoms with Crippen molar-refractivity contribution < 1.29 is 18.6 Å². The van der Waals surface area contributed by atoms with Crippen molar-refractivity contribution in [3.63, 3.8) is 0 Å². The number of aromatic nitrogens is 5. The van der Waals surface area contributed by atoms with Crippen LogP contribution in [0.3, 0.4) is 0 Å². The third-order valence-corrected chi connectivity index (χ3v) is 14.3. The fourth-order valence-corrected chi connectivity index (χ4v) is 10.5. The second-order valence-electron chi connectivity index (χ2n) is 17.4. The summed E-state index contributed by atoms with van der Waals surface area (Å²) in [7, 11) is 1.99. The fourth-order valence-electron chi connectivity index (χ4n) is 9.83. The first kappa shape index (κ1) is 35.9. The van der Waals surface area contributed by atoms with Crippen molar-refractivity contribution in [3.8, 4) is 11.5 Å². The standard InChI is InChI=1S/C38H55BIN7O4/c1-23-15-16-25(17-20-39-50-36(3,4)37(5,6)51-39)46(22-23)34-29-32(40)43-47(24(2)27-13-11-21-45(27)7)35(29)42-33(41-34)30-26-12-10-19-38(31(26)49-44-30)18-9-8-14-28(38)48/h23-25,27H,8-22H2,1-7H3/t23?,24-,25+,27-,38+/m0/s1. The van der Waals surface area contributed by atoms with Crippen molar-refractivity contribution in [1.29, 1.82) is 0 Å². The molecule has 8 rings (SSSR count). The fraction of sp³-hybridized carbons (Fsp3) is 0.763. The van der Waals surface area contributed by atoms with Crippen LogP contribution in [-0.2, 0) is 25.9 Å². The topological polar surface area (TPSA) is 112 Å². The number of Topliss-reactive ketones (excluding diaryl/α,β-unsaturated/α-hetero) is 1. The van der Waals surface area contributed by atoms with Gasteiger partial charge in [0.2, 0.25) is 0 Å². The Balaban J connectivity index is 1.23. The number of nitrogens with zero attached hydrogens (tertiary/aromatic N) is 7. The lowest BCUT2D eigenvalue weighted by molar-refractivity contribution is -0.128. The first-order chi connectivity index (χ1) is 24.3. The molecule has 5 aliphatic rings. The zero-order chi connectivity index (χ0) is 35.9. The molecule has 5 atom stereocenters. The summed E-state index contributed by atoms with van der Waals surface area (Å²) in [4.78, 5) is 29.3. The Morgan fingerprint density at radius 3 is 2.49 bits per heavy atom. The van der Waals surface area contributed by atoms with Crippen LogP contribution in [0.25, 0.3) is 22.6 Å². The molecule has 0 bridgehead atoms. The van der Waals surface area contributed by atoms with Crippen molar-refractivity contribution in [2.75, 3.05) is 25.0 Å². The molecule has 276 valence electrons. The highest BCUT2D eigenvalue weighted by Gasteiger charge is 2.51. The molecule has 2 aliphatic carbocycles. The minimum Gasteiger partial charge on any atom is -0.403 e. The van der Waals surface area contributed by atoms with E-state index in [4.69, 9.17) is 34.1 Å². The van der Waals surface area contributed by atoms with Crippen molar-refractivity contribution >= 4 is 52.3 Å². The van der Waals surface area contributed by atoms with Gasteiger partial charge in [-0.3, -0.25) is 4.79 Å². The second kappa shape index (κ2) is 13.3. The van der Waals surface area contributed by atoms with E-state index < -0.39 is 5.41 Å². The van der Waals surface area contributed by atoms with Crippen LogP contribution in [-0.4, -0.2) is 86.1 Å². The summed E-state index contributed by atoms with van der Waals surface area (Å²) >= 11 is 2.40. The molecule has 0 radical (unpaired) electrons. The van der Waals surface area contributed by atoms with Gasteiger partial charge in [-0.15, -0.1) is 0 Å². The molecule has 11 nitrogen and oxygen atoms in total. The molecule has 4 fully saturated rings. The molecule has 0 aromatic carbocycles. The van der Waals surface area contributed by atoms with Crippen LogP contribution in [0.15, 0.2) is 4.52 Å². The van der Waals surface area contributed by atoms with E-state index in [1.165, 1.54) is 12.8 Å². The highest BCUT2D eigenvalue weighted by atomic mass is 127. The van der Waals surface area contributed by atoms with Crippen LogP contribution >= 0.6 is 22.6 Å². The Morgan fingerprint density at radius 2 is 1.76 bits per heavy atom. The quantitative estimate of drug-likeness (QED) is 0.175. The average molecular weight is 812 g/mol. The van der Waals surface area contributed by atoms with E-state index in [1.54, 1.807) is 0 Å². The van der Waals surface area contributed by atoms with Gasteiger partial charge in [-0.2, -0.15) is 5.10 Å². The van der Waals surface area contributed by atoms with Gasteiger partial charge in [0.25, 0.3) is 0 Å². The average Bonchev–Trinajstić information content (AvgIpc) is 3.85. The summed E-state index contributed by atoms with van der Waals surface area (Å²) in [5.74, 6) is 3.11. The first-order valence-corrected chi connectivity index (χ1v) is 20.7. The lowest BCUT2D eigenvalue weighted by atomic mass is 9.64. The molecular formula is C38H55BIN7O4. The summed E-state index contributed by atoms with van der Waals surface area (Å²) in [6.45, 7) is 15.1. The monoisotopic (exact) mass is 811 g/mol. The second-order valence-corrected chi connectivity index (χ2v) is 18.4. The lowest BCUT2D eigenvalue weighted by Crippen LogP contribution is -2.44. The summed E-state index contributed by atoms with van der Waals surface area (Å²) in [5.41, 5.74) is 1.32. The molecule has 1 spiro atoms. The van der Waals surface area contributed by atoms with E-state index in [2.05, 4.69) is 85.7 Å². The maximum atomic E-state index is 13.5. The summed E-state index contributed by atoms with van der Waals surface area (Å²) in [6, 6.07) is 0.774. The number of fused-ring (bicyclic) bond motifs is 3. The highest BCUT2D eigenvalue weighted by molar-refractivity contribution is 14.1. The van der Waals surface area contributed by atoms with E-state index in [1.807, 2.05) is 0 Å². The van der Waals surface area contributed by atoms with Crippen molar-refractivity contribution in [2.24, 2.45) is 5.92 Å². The smallest absolute Gasteiger partial charge is 0.403 e. The maximum absolute atomic E-state index is 13.5. The van der Waals surface area contributed by atoms with E-state index in [-0.39, 0.29) is 30.4 Å². The number of likely N-dealkylation sites (N-methyl/N-ethyl adjacent to an activating group) is 1. The van der Waals surface area contributed by atoms with Gasteiger partial charge < -0.3 is 23.6 Å². The van der Waals surface area contributed by atoms with Gasteiger partial charge in [0.05, 0.1) is 28.0 Å². The molecule has 0 N–H and O–H groups in total. The van der Waals surface area contributed by atoms with Gasteiger partial charge in [0, 0.05) is 30.6 Å². The molecule has 13 heteroatoms. The number of halogens is 1. The number of hydrogen-bond acceptors (Lipinski definition) is 10. The molecule has 1 saturated carbocycles. The lowest BCUT2D eigenvalue weighted by Gasteiger charge is -2.40. The van der Waals surface area contributed by atoms with Crippen LogP contribution in [0, 0.1) is 9.62 Å². The van der Waals surface area contributed by atoms with Gasteiger partial charge in [-0.05, 0) is 147 Å². The number of carbonyl (C=O) groups is 1. The molecule has 3 aromatic rings. The molecule has 51 heavy (non-hydrogen) atoms. The van der Waals surface area contributed by atoms with Gasteiger partial charge in [-0.25, -0.2) is 14.6 Å². The van der Waals surface area contributed by atoms with E-state index >= 15 is 0 Å². The predicted molar refractivity (Wildman–Crippen MR) is 207 cm³/mol.